The van der Waals surface area contributed by atoms with Gasteiger partial charge in [-0.3, -0.25) is 20.2 Å². The molecular weight excluding hydrogens is 290 g/mol. The van der Waals surface area contributed by atoms with E-state index >= 15 is 0 Å². The van der Waals surface area contributed by atoms with Crippen LogP contribution in [0, 0.1) is 20.2 Å². The van der Waals surface area contributed by atoms with Gasteiger partial charge in [-0.1, -0.05) is 0 Å². The molecule has 0 bridgehead atoms. The number of sulfone groups is 1. The molecule has 0 aromatic heterocycles. The third kappa shape index (κ3) is 4.80. The SMILES string of the molecule is CS(=O)(=O)CCCNc1ccc([N+](=O)[O-])cc1[N+](=O)[O-]. The highest BCUT2D eigenvalue weighted by atomic mass is 32.2. The lowest BCUT2D eigenvalue weighted by Crippen LogP contribution is -2.10. The van der Waals surface area contributed by atoms with Gasteiger partial charge in [0.2, 0.25) is 0 Å². The number of hydrogen-bond donors (Lipinski definition) is 1. The Bertz CT molecular complexity index is 628. The average molecular weight is 303 g/mol. The molecule has 1 N–H and O–H groups in total. The summed E-state index contributed by atoms with van der Waals surface area (Å²) in [4.78, 5) is 19.9. The highest BCUT2D eigenvalue weighted by Crippen LogP contribution is 2.28. The second-order valence-corrected chi connectivity index (χ2v) is 6.39. The third-order valence-corrected chi connectivity index (χ3v) is 3.43. The van der Waals surface area contributed by atoms with E-state index in [2.05, 4.69) is 5.32 Å². The Labute approximate surface area is 114 Å². The van der Waals surface area contributed by atoms with E-state index in [4.69, 9.17) is 0 Å². The van der Waals surface area contributed by atoms with Crippen LogP contribution in [0.25, 0.3) is 0 Å². The fourth-order valence-electron chi connectivity index (χ4n) is 1.49. The maximum absolute atomic E-state index is 10.9. The van der Waals surface area contributed by atoms with E-state index in [1.165, 1.54) is 6.07 Å². The monoisotopic (exact) mass is 303 g/mol. The van der Waals surface area contributed by atoms with Gasteiger partial charge in [0, 0.05) is 18.9 Å². The highest BCUT2D eigenvalue weighted by molar-refractivity contribution is 7.90. The van der Waals surface area contributed by atoms with Crippen LogP contribution in [0.3, 0.4) is 0 Å². The lowest BCUT2D eigenvalue weighted by molar-refractivity contribution is -0.393. The van der Waals surface area contributed by atoms with Crippen LogP contribution in [-0.2, 0) is 9.84 Å². The van der Waals surface area contributed by atoms with Gasteiger partial charge < -0.3 is 5.32 Å². The van der Waals surface area contributed by atoms with Crippen molar-refractivity contribution in [3.8, 4) is 0 Å². The number of benzene rings is 1. The molecular formula is C10H13N3O6S. The van der Waals surface area contributed by atoms with Gasteiger partial charge in [0.1, 0.15) is 15.5 Å². The highest BCUT2D eigenvalue weighted by Gasteiger charge is 2.19. The molecule has 1 aromatic carbocycles. The Hall–Kier alpha value is -2.23. The molecule has 1 aromatic rings. The first-order valence-corrected chi connectivity index (χ1v) is 7.61. The molecule has 0 spiro atoms. The molecule has 20 heavy (non-hydrogen) atoms. The first-order chi connectivity index (χ1) is 9.20. The molecule has 0 saturated carbocycles. The second-order valence-electron chi connectivity index (χ2n) is 4.13. The lowest BCUT2D eigenvalue weighted by Gasteiger charge is -2.06. The van der Waals surface area contributed by atoms with Gasteiger partial charge in [-0.15, -0.1) is 0 Å². The van der Waals surface area contributed by atoms with Crippen molar-refractivity contribution in [2.24, 2.45) is 0 Å². The molecule has 9 nitrogen and oxygen atoms in total. The lowest BCUT2D eigenvalue weighted by atomic mass is 10.2. The van der Waals surface area contributed by atoms with E-state index in [9.17, 15) is 28.6 Å². The van der Waals surface area contributed by atoms with Crippen molar-refractivity contribution in [3.63, 3.8) is 0 Å². The van der Waals surface area contributed by atoms with Gasteiger partial charge in [0.25, 0.3) is 11.4 Å². The van der Waals surface area contributed by atoms with Crippen molar-refractivity contribution in [1.82, 2.24) is 0 Å². The minimum absolute atomic E-state index is 0.0409. The zero-order valence-electron chi connectivity index (χ0n) is 10.6. The molecule has 0 heterocycles. The predicted molar refractivity (Wildman–Crippen MR) is 72.6 cm³/mol. The number of nitro benzene ring substituents is 2. The van der Waals surface area contributed by atoms with E-state index < -0.39 is 25.4 Å². The fourth-order valence-corrected chi connectivity index (χ4v) is 2.16. The van der Waals surface area contributed by atoms with Gasteiger partial charge >= 0.3 is 0 Å². The van der Waals surface area contributed by atoms with Crippen LogP contribution in [0.4, 0.5) is 17.1 Å². The number of hydrogen-bond acceptors (Lipinski definition) is 7. The molecule has 110 valence electrons. The maximum atomic E-state index is 10.9. The Morgan fingerprint density at radius 3 is 2.35 bits per heavy atom. The smallest absolute Gasteiger partial charge is 0.299 e. The number of nitrogens with zero attached hydrogens (tertiary/aromatic N) is 2. The van der Waals surface area contributed by atoms with Crippen LogP contribution in [-0.4, -0.2) is 36.8 Å². The van der Waals surface area contributed by atoms with Gasteiger partial charge in [-0.25, -0.2) is 8.42 Å². The van der Waals surface area contributed by atoms with E-state index in [0.29, 0.717) is 0 Å². The minimum atomic E-state index is -3.09. The van der Waals surface area contributed by atoms with Crippen molar-refractivity contribution >= 4 is 26.9 Å². The number of anilines is 1. The summed E-state index contributed by atoms with van der Waals surface area (Å²) >= 11 is 0. The first-order valence-electron chi connectivity index (χ1n) is 5.55. The molecule has 10 heteroatoms. The number of nitro groups is 2. The van der Waals surface area contributed by atoms with Crippen molar-refractivity contribution in [2.45, 2.75) is 6.42 Å². The van der Waals surface area contributed by atoms with Crippen LogP contribution in [0.1, 0.15) is 6.42 Å². The summed E-state index contributed by atoms with van der Waals surface area (Å²) in [5.41, 5.74) is -0.675. The minimum Gasteiger partial charge on any atom is -0.379 e. The molecule has 0 aliphatic carbocycles. The Morgan fingerprint density at radius 2 is 1.85 bits per heavy atom. The summed E-state index contributed by atoms with van der Waals surface area (Å²) in [5.74, 6) is -0.0409. The van der Waals surface area contributed by atoms with E-state index in [0.717, 1.165) is 18.4 Å². The zero-order chi connectivity index (χ0) is 15.3. The quantitative estimate of drug-likeness (QED) is 0.456. The molecule has 0 aliphatic heterocycles. The molecule has 0 unspecified atom stereocenters. The Morgan fingerprint density at radius 1 is 1.20 bits per heavy atom. The predicted octanol–water partition coefficient (Wildman–Crippen LogP) is 1.35. The zero-order valence-corrected chi connectivity index (χ0v) is 11.4. The maximum Gasteiger partial charge on any atom is 0.299 e. The first kappa shape index (κ1) is 15.8. The van der Waals surface area contributed by atoms with Crippen molar-refractivity contribution < 1.29 is 18.3 Å². The van der Waals surface area contributed by atoms with Crippen molar-refractivity contribution in [2.75, 3.05) is 23.9 Å². The van der Waals surface area contributed by atoms with Crippen LogP contribution in [0.5, 0.6) is 0 Å². The summed E-state index contributed by atoms with van der Waals surface area (Å²) in [7, 11) is -3.09. The Kier molecular flexibility index (Phi) is 4.97. The van der Waals surface area contributed by atoms with Gasteiger partial charge in [0.05, 0.1) is 21.7 Å². The number of rotatable bonds is 7. The van der Waals surface area contributed by atoms with Crippen LogP contribution in [0.15, 0.2) is 18.2 Å². The topological polar surface area (TPSA) is 132 Å². The fraction of sp³-hybridized carbons (Fsp3) is 0.400. The van der Waals surface area contributed by atoms with E-state index in [1.54, 1.807) is 0 Å². The normalized spacial score (nSPS) is 11.1. The van der Waals surface area contributed by atoms with Crippen LogP contribution in [0.2, 0.25) is 0 Å². The second kappa shape index (κ2) is 6.28. The number of non-ortho nitro benzene ring substituents is 1. The summed E-state index contributed by atoms with van der Waals surface area (Å²) < 4.78 is 21.9. The molecule has 0 atom stereocenters. The van der Waals surface area contributed by atoms with E-state index in [1.807, 2.05) is 0 Å². The third-order valence-electron chi connectivity index (χ3n) is 2.40. The van der Waals surface area contributed by atoms with Crippen molar-refractivity contribution in [1.29, 1.82) is 0 Å². The molecule has 1 rings (SSSR count). The largest absolute Gasteiger partial charge is 0.379 e. The summed E-state index contributed by atoms with van der Waals surface area (Å²) in [6.07, 6.45) is 1.38. The molecule has 0 saturated heterocycles. The molecule has 0 aliphatic rings. The molecule has 0 radical (unpaired) electrons. The standard InChI is InChI=1S/C10H13N3O6S/c1-20(18,19)6-2-5-11-9-4-3-8(12(14)15)7-10(9)13(16)17/h3-4,7,11H,2,5-6H2,1H3. The summed E-state index contributed by atoms with van der Waals surface area (Å²) in [6.45, 7) is 0.214. The Balaban J connectivity index is 2.79. The molecule has 0 amide bonds. The summed E-state index contributed by atoms with van der Waals surface area (Å²) in [5, 5.41) is 24.1. The van der Waals surface area contributed by atoms with Gasteiger partial charge in [-0.05, 0) is 12.5 Å². The van der Waals surface area contributed by atoms with Gasteiger partial charge in [-0.2, -0.15) is 0 Å². The van der Waals surface area contributed by atoms with Gasteiger partial charge in [0.15, 0.2) is 0 Å². The van der Waals surface area contributed by atoms with Crippen LogP contribution < -0.4 is 5.32 Å². The molecule has 0 fully saturated rings. The summed E-state index contributed by atoms with van der Waals surface area (Å²) in [6, 6.07) is 3.24. The van der Waals surface area contributed by atoms with E-state index in [-0.39, 0.29) is 30.1 Å². The average Bonchev–Trinajstić information content (AvgIpc) is 2.33. The van der Waals surface area contributed by atoms with Crippen LogP contribution >= 0.6 is 0 Å². The number of nitrogens with one attached hydrogen (secondary N) is 1. The van der Waals surface area contributed by atoms with Crippen molar-refractivity contribution in [3.05, 3.63) is 38.4 Å².